The van der Waals surface area contributed by atoms with Gasteiger partial charge in [0.15, 0.2) is 5.13 Å². The first-order valence-corrected chi connectivity index (χ1v) is 13.5. The van der Waals surface area contributed by atoms with Crippen LogP contribution in [-0.4, -0.2) is 35.0 Å². The molecule has 1 aliphatic rings. The summed E-state index contributed by atoms with van der Waals surface area (Å²) in [6.45, 7) is 8.48. The number of ketones is 1. The summed E-state index contributed by atoms with van der Waals surface area (Å²) in [4.78, 5) is 33.1. The number of aliphatic hydroxyl groups is 1. The first-order chi connectivity index (χ1) is 18.9. The van der Waals surface area contributed by atoms with Crippen molar-refractivity contribution in [2.75, 3.05) is 18.1 Å². The quantitative estimate of drug-likeness (QED) is 0.114. The Morgan fingerprint density at radius 3 is 2.38 bits per heavy atom. The highest BCUT2D eigenvalue weighted by Gasteiger charge is 2.48. The molecule has 0 bridgehead atoms. The zero-order valence-electron chi connectivity index (χ0n) is 21.7. The third kappa shape index (κ3) is 5.03. The fourth-order valence-corrected chi connectivity index (χ4v) is 5.61. The summed E-state index contributed by atoms with van der Waals surface area (Å²) in [5.74, 6) is -0.511. The fraction of sp³-hybridized carbons (Fsp3) is 0.194. The van der Waals surface area contributed by atoms with Crippen LogP contribution in [0.25, 0.3) is 16.0 Å². The topological polar surface area (TPSA) is 89.0 Å². The van der Waals surface area contributed by atoms with Crippen molar-refractivity contribution in [3.8, 4) is 11.5 Å². The van der Waals surface area contributed by atoms with Crippen LogP contribution in [0.15, 0.2) is 85.0 Å². The molecule has 1 N–H and O–H groups in total. The van der Waals surface area contributed by atoms with Crippen molar-refractivity contribution < 1.29 is 24.2 Å². The Kier molecular flexibility index (Phi) is 7.47. The lowest BCUT2D eigenvalue weighted by molar-refractivity contribution is -0.132. The number of aliphatic hydroxyl groups excluding tert-OH is 1. The third-order valence-corrected chi connectivity index (χ3v) is 7.52. The van der Waals surface area contributed by atoms with E-state index in [1.807, 2.05) is 25.1 Å². The summed E-state index contributed by atoms with van der Waals surface area (Å²) >= 11 is 1.34. The number of hydrogen-bond donors (Lipinski definition) is 1. The van der Waals surface area contributed by atoms with Gasteiger partial charge in [-0.05, 0) is 73.0 Å². The summed E-state index contributed by atoms with van der Waals surface area (Å²) < 4.78 is 12.0. The number of nitrogens with zero attached hydrogens (tertiary/aromatic N) is 2. The highest BCUT2D eigenvalue weighted by molar-refractivity contribution is 7.22. The van der Waals surface area contributed by atoms with Crippen LogP contribution in [0.5, 0.6) is 11.5 Å². The van der Waals surface area contributed by atoms with Crippen molar-refractivity contribution in [1.82, 2.24) is 4.98 Å². The number of benzene rings is 3. The Balaban J connectivity index is 1.64. The molecule has 0 radical (unpaired) electrons. The third-order valence-electron chi connectivity index (χ3n) is 6.50. The van der Waals surface area contributed by atoms with Gasteiger partial charge in [-0.1, -0.05) is 49.1 Å². The molecule has 1 fully saturated rings. The number of hydrogen-bond acceptors (Lipinski definition) is 7. The summed E-state index contributed by atoms with van der Waals surface area (Å²) in [5.41, 5.74) is 2.94. The molecule has 4 aromatic rings. The van der Waals surface area contributed by atoms with Gasteiger partial charge in [0.25, 0.3) is 5.78 Å². The predicted octanol–water partition coefficient (Wildman–Crippen LogP) is 6.45. The second-order valence-electron chi connectivity index (χ2n) is 8.95. The monoisotopic (exact) mass is 540 g/mol. The van der Waals surface area contributed by atoms with Crippen molar-refractivity contribution in [3.63, 3.8) is 0 Å². The molecule has 1 atom stereocenters. The number of anilines is 1. The highest BCUT2D eigenvalue weighted by Crippen LogP contribution is 2.44. The van der Waals surface area contributed by atoms with Gasteiger partial charge in [-0.3, -0.25) is 14.5 Å². The van der Waals surface area contributed by atoms with E-state index < -0.39 is 17.7 Å². The zero-order chi connectivity index (χ0) is 27.5. The van der Waals surface area contributed by atoms with Crippen LogP contribution in [-0.2, 0) is 16.0 Å². The lowest BCUT2D eigenvalue weighted by Crippen LogP contribution is -2.29. The first-order valence-electron chi connectivity index (χ1n) is 12.7. The van der Waals surface area contributed by atoms with Gasteiger partial charge in [0.2, 0.25) is 0 Å². The minimum Gasteiger partial charge on any atom is -0.507 e. The fourth-order valence-electron chi connectivity index (χ4n) is 4.56. The molecule has 1 amide bonds. The van der Waals surface area contributed by atoms with Gasteiger partial charge in [-0.25, -0.2) is 4.98 Å². The van der Waals surface area contributed by atoms with Gasteiger partial charge in [0.1, 0.15) is 23.9 Å². The molecule has 8 heteroatoms. The number of fused-ring (bicyclic) bond motifs is 1. The number of carbonyl (C=O) groups excluding carboxylic acids is 2. The average molecular weight is 541 g/mol. The summed E-state index contributed by atoms with van der Waals surface area (Å²) in [6, 6.07) is 19.0. The van der Waals surface area contributed by atoms with Crippen LogP contribution in [0, 0.1) is 0 Å². The van der Waals surface area contributed by atoms with Crippen LogP contribution in [0.2, 0.25) is 0 Å². The Labute approximate surface area is 230 Å². The molecule has 1 aromatic heterocycles. The zero-order valence-corrected chi connectivity index (χ0v) is 22.5. The number of rotatable bonds is 9. The minimum absolute atomic E-state index is 0.00239. The molecule has 39 heavy (non-hydrogen) atoms. The summed E-state index contributed by atoms with van der Waals surface area (Å²) in [5, 5.41) is 11.8. The number of carbonyl (C=O) groups is 2. The number of ether oxygens (including phenoxy) is 2. The number of aryl methyl sites for hydroxylation is 1. The number of thiazole rings is 1. The van der Waals surface area contributed by atoms with E-state index in [0.717, 1.165) is 22.2 Å². The molecule has 1 saturated heterocycles. The van der Waals surface area contributed by atoms with Crippen molar-refractivity contribution in [3.05, 3.63) is 102 Å². The molecule has 0 aliphatic carbocycles. The standard InChI is InChI=1S/C31H28N2O5S/c1-4-17-38-23-12-8-20(9-13-23)27-26(28(34)21-10-14-22(15-11-21)37-6-3)29(35)30(36)33(27)31-32-24-16-7-19(5-2)18-25(24)39-31/h4,7-16,18,27,34H,1,5-6,17H2,2-3H3/b28-26+. The van der Waals surface area contributed by atoms with E-state index in [9.17, 15) is 14.7 Å². The second-order valence-corrected chi connectivity index (χ2v) is 9.96. The van der Waals surface area contributed by atoms with Gasteiger partial charge < -0.3 is 14.6 Å². The van der Waals surface area contributed by atoms with E-state index in [1.54, 1.807) is 54.6 Å². The van der Waals surface area contributed by atoms with Crippen LogP contribution in [0.3, 0.4) is 0 Å². The second kappa shape index (κ2) is 11.1. The largest absolute Gasteiger partial charge is 0.507 e. The van der Waals surface area contributed by atoms with Gasteiger partial charge in [0, 0.05) is 5.56 Å². The SMILES string of the molecule is C=CCOc1ccc(C2/C(=C(\O)c3ccc(OCC)cc3)C(=O)C(=O)N2c2nc3ccc(CC)cc3s2)cc1. The van der Waals surface area contributed by atoms with E-state index >= 15 is 0 Å². The van der Waals surface area contributed by atoms with E-state index in [2.05, 4.69) is 13.5 Å². The molecule has 0 spiro atoms. The van der Waals surface area contributed by atoms with Gasteiger partial charge in [-0.15, -0.1) is 0 Å². The van der Waals surface area contributed by atoms with E-state index in [4.69, 9.17) is 14.5 Å². The molecule has 198 valence electrons. The van der Waals surface area contributed by atoms with E-state index in [-0.39, 0.29) is 11.3 Å². The number of Topliss-reactive ketones (excluding diaryl/α,β-unsaturated/α-hetero) is 1. The van der Waals surface area contributed by atoms with Gasteiger partial charge in [-0.2, -0.15) is 0 Å². The molecular weight excluding hydrogens is 512 g/mol. The summed E-state index contributed by atoms with van der Waals surface area (Å²) in [6.07, 6.45) is 2.52. The van der Waals surface area contributed by atoms with Crippen molar-refractivity contribution >= 4 is 44.1 Å². The normalized spacial score (nSPS) is 16.6. The first kappa shape index (κ1) is 26.2. The van der Waals surface area contributed by atoms with E-state index in [0.29, 0.717) is 41.0 Å². The molecular formula is C31H28N2O5S. The smallest absolute Gasteiger partial charge is 0.301 e. The molecule has 0 saturated carbocycles. The Morgan fingerprint density at radius 2 is 1.72 bits per heavy atom. The highest BCUT2D eigenvalue weighted by atomic mass is 32.1. The molecule has 2 heterocycles. The Morgan fingerprint density at radius 1 is 1.03 bits per heavy atom. The van der Waals surface area contributed by atoms with Gasteiger partial charge in [0.05, 0.1) is 28.4 Å². The van der Waals surface area contributed by atoms with Crippen LogP contribution >= 0.6 is 11.3 Å². The molecule has 1 aliphatic heterocycles. The molecule has 7 nitrogen and oxygen atoms in total. The van der Waals surface area contributed by atoms with Crippen molar-refractivity contribution in [2.45, 2.75) is 26.3 Å². The Bertz CT molecular complexity index is 1570. The summed E-state index contributed by atoms with van der Waals surface area (Å²) in [7, 11) is 0. The maximum absolute atomic E-state index is 13.5. The molecule has 1 unspecified atom stereocenters. The number of aromatic nitrogens is 1. The maximum Gasteiger partial charge on any atom is 0.301 e. The lowest BCUT2D eigenvalue weighted by atomic mass is 9.95. The van der Waals surface area contributed by atoms with Gasteiger partial charge >= 0.3 is 5.91 Å². The number of amides is 1. The van der Waals surface area contributed by atoms with E-state index in [1.165, 1.54) is 16.2 Å². The van der Waals surface area contributed by atoms with Crippen LogP contribution in [0.1, 0.15) is 36.6 Å². The Hall–Kier alpha value is -4.43. The predicted molar refractivity (Wildman–Crippen MR) is 154 cm³/mol. The van der Waals surface area contributed by atoms with Crippen molar-refractivity contribution in [1.29, 1.82) is 0 Å². The average Bonchev–Trinajstić information content (AvgIpc) is 3.49. The maximum atomic E-state index is 13.5. The molecule has 5 rings (SSSR count). The van der Waals surface area contributed by atoms with Crippen LogP contribution in [0.4, 0.5) is 5.13 Å². The van der Waals surface area contributed by atoms with Crippen molar-refractivity contribution in [2.24, 2.45) is 0 Å². The minimum atomic E-state index is -0.878. The van der Waals surface area contributed by atoms with Crippen LogP contribution < -0.4 is 14.4 Å². The lowest BCUT2D eigenvalue weighted by Gasteiger charge is -2.23. The molecule has 3 aromatic carbocycles.